The Morgan fingerprint density at radius 1 is 1.39 bits per heavy atom. The molecule has 0 aliphatic heterocycles. The van der Waals surface area contributed by atoms with E-state index >= 15 is 0 Å². The van der Waals surface area contributed by atoms with Crippen LogP contribution in [0.5, 0.6) is 0 Å². The highest BCUT2D eigenvalue weighted by molar-refractivity contribution is 9.10. The minimum Gasteiger partial charge on any atom is -0.345 e. The number of benzene rings is 1. The van der Waals surface area contributed by atoms with Gasteiger partial charge in [0, 0.05) is 29.4 Å². The number of nitrogens with zero attached hydrogens (tertiary/aromatic N) is 2. The first-order valence-corrected chi connectivity index (χ1v) is 8.64. The molecular weight excluding hydrogens is 354 g/mol. The zero-order valence-electron chi connectivity index (χ0n) is 13.1. The molecule has 1 aliphatic rings. The van der Waals surface area contributed by atoms with Crippen LogP contribution in [-0.4, -0.2) is 15.7 Å². The monoisotopic (exact) mass is 373 g/mol. The molecule has 1 fully saturated rings. The maximum absolute atomic E-state index is 12.3. The summed E-state index contributed by atoms with van der Waals surface area (Å²) >= 11 is 3.46. The first-order valence-electron chi connectivity index (χ1n) is 7.84. The second-order valence-electron chi connectivity index (χ2n) is 6.01. The van der Waals surface area contributed by atoms with E-state index < -0.39 is 0 Å². The number of aryl methyl sites for hydroxylation is 1. The number of halogens is 1. The highest BCUT2D eigenvalue weighted by Crippen LogP contribution is 2.38. The van der Waals surface area contributed by atoms with E-state index in [0.717, 1.165) is 10.0 Å². The van der Waals surface area contributed by atoms with E-state index in [2.05, 4.69) is 38.5 Å². The Labute approximate surface area is 144 Å². The van der Waals surface area contributed by atoms with Crippen molar-refractivity contribution in [3.8, 4) is 0 Å². The Bertz CT molecular complexity index is 701. The zero-order chi connectivity index (χ0) is 16.2. The summed E-state index contributed by atoms with van der Waals surface area (Å²) in [7, 11) is 1.86. The van der Waals surface area contributed by atoms with Crippen molar-refractivity contribution in [2.24, 2.45) is 13.0 Å². The lowest BCUT2D eigenvalue weighted by molar-refractivity contribution is -0.117. The Hall–Kier alpha value is -1.88. The highest BCUT2D eigenvalue weighted by atomic mass is 79.9. The lowest BCUT2D eigenvalue weighted by Gasteiger charge is -2.34. The first-order chi connectivity index (χ1) is 11.1. The average Bonchev–Trinajstić information content (AvgIpc) is 2.89. The predicted molar refractivity (Wildman–Crippen MR) is 94.6 cm³/mol. The van der Waals surface area contributed by atoms with Crippen LogP contribution >= 0.6 is 15.9 Å². The summed E-state index contributed by atoms with van der Waals surface area (Å²) in [6, 6.07) is 8.30. The third-order valence-electron chi connectivity index (χ3n) is 4.30. The molecule has 0 spiro atoms. The van der Waals surface area contributed by atoms with E-state index in [9.17, 15) is 4.79 Å². The van der Waals surface area contributed by atoms with Crippen LogP contribution in [0.25, 0.3) is 6.08 Å². The third kappa shape index (κ3) is 4.10. The van der Waals surface area contributed by atoms with Crippen molar-refractivity contribution < 1.29 is 4.79 Å². The van der Waals surface area contributed by atoms with Gasteiger partial charge in [-0.15, -0.1) is 0 Å². The molecule has 1 atom stereocenters. The lowest BCUT2D eigenvalue weighted by Crippen LogP contribution is -2.35. The van der Waals surface area contributed by atoms with Crippen molar-refractivity contribution in [1.29, 1.82) is 0 Å². The van der Waals surface area contributed by atoms with Crippen LogP contribution in [0.4, 0.5) is 0 Å². The van der Waals surface area contributed by atoms with E-state index in [1.165, 1.54) is 24.8 Å². The number of carbonyl (C=O) groups excluding carboxylic acids is 1. The van der Waals surface area contributed by atoms with Crippen LogP contribution in [-0.2, 0) is 11.8 Å². The molecule has 120 valence electrons. The highest BCUT2D eigenvalue weighted by Gasteiger charge is 2.29. The number of carbonyl (C=O) groups is 1. The minimum atomic E-state index is -0.0614. The van der Waals surface area contributed by atoms with Gasteiger partial charge in [0.25, 0.3) is 0 Å². The molecule has 1 heterocycles. The lowest BCUT2D eigenvalue weighted by atomic mass is 9.77. The Morgan fingerprint density at radius 3 is 2.70 bits per heavy atom. The molecule has 3 rings (SSSR count). The maximum Gasteiger partial charge on any atom is 0.244 e. The Balaban J connectivity index is 1.69. The fourth-order valence-electron chi connectivity index (χ4n) is 2.82. The molecule has 0 bridgehead atoms. The van der Waals surface area contributed by atoms with Crippen molar-refractivity contribution in [3.63, 3.8) is 0 Å². The number of hydrogen-bond donors (Lipinski definition) is 1. The number of rotatable bonds is 5. The second-order valence-corrected chi connectivity index (χ2v) is 6.93. The zero-order valence-corrected chi connectivity index (χ0v) is 14.7. The molecule has 1 aliphatic carbocycles. The van der Waals surface area contributed by atoms with Crippen LogP contribution in [0.15, 0.2) is 47.2 Å². The molecule has 1 unspecified atom stereocenters. The standard InChI is InChI=1S/C18H20BrN3O/c1-22-12-13(11-20-22)5-10-17(23)21-18(14-3-2-4-14)15-6-8-16(19)9-7-15/h5-12,14,18H,2-4H2,1H3,(H,21,23). The van der Waals surface area contributed by atoms with Crippen LogP contribution in [0, 0.1) is 5.92 Å². The molecule has 0 radical (unpaired) electrons. The summed E-state index contributed by atoms with van der Waals surface area (Å²) in [5, 5.41) is 7.25. The predicted octanol–water partition coefficient (Wildman–Crippen LogP) is 3.85. The van der Waals surface area contributed by atoms with Crippen LogP contribution in [0.1, 0.15) is 36.4 Å². The van der Waals surface area contributed by atoms with Gasteiger partial charge in [0.15, 0.2) is 0 Å². The molecule has 23 heavy (non-hydrogen) atoms. The van der Waals surface area contributed by atoms with E-state index in [-0.39, 0.29) is 11.9 Å². The Kier molecular flexibility index (Phi) is 4.96. The molecule has 1 aromatic carbocycles. The van der Waals surface area contributed by atoms with Gasteiger partial charge in [0.1, 0.15) is 0 Å². The van der Waals surface area contributed by atoms with E-state index in [1.54, 1.807) is 23.0 Å². The van der Waals surface area contributed by atoms with Crippen LogP contribution in [0.3, 0.4) is 0 Å². The van der Waals surface area contributed by atoms with Gasteiger partial charge >= 0.3 is 0 Å². The molecule has 1 amide bonds. The number of nitrogens with one attached hydrogen (secondary N) is 1. The second kappa shape index (κ2) is 7.13. The van der Waals surface area contributed by atoms with Crippen molar-refractivity contribution >= 4 is 27.9 Å². The van der Waals surface area contributed by atoms with Crippen molar-refractivity contribution in [2.45, 2.75) is 25.3 Å². The summed E-state index contributed by atoms with van der Waals surface area (Å²) < 4.78 is 2.77. The summed E-state index contributed by atoms with van der Waals surface area (Å²) in [5.41, 5.74) is 2.09. The average molecular weight is 374 g/mol. The van der Waals surface area contributed by atoms with Gasteiger partial charge in [0.05, 0.1) is 12.2 Å². The molecule has 5 heteroatoms. The van der Waals surface area contributed by atoms with Crippen LogP contribution < -0.4 is 5.32 Å². The fourth-order valence-corrected chi connectivity index (χ4v) is 3.08. The quantitative estimate of drug-likeness (QED) is 0.808. The van der Waals surface area contributed by atoms with Gasteiger partial charge in [-0.05, 0) is 42.5 Å². The van der Waals surface area contributed by atoms with Crippen molar-refractivity contribution in [3.05, 3.63) is 58.3 Å². The first kappa shape index (κ1) is 16.0. The topological polar surface area (TPSA) is 46.9 Å². The summed E-state index contributed by atoms with van der Waals surface area (Å²) in [4.78, 5) is 12.3. The Morgan fingerprint density at radius 2 is 2.13 bits per heavy atom. The van der Waals surface area contributed by atoms with Gasteiger partial charge in [0.2, 0.25) is 5.91 Å². The smallest absolute Gasteiger partial charge is 0.244 e. The largest absolute Gasteiger partial charge is 0.345 e. The van der Waals surface area contributed by atoms with E-state index in [1.807, 2.05) is 25.4 Å². The molecule has 0 saturated heterocycles. The van der Waals surface area contributed by atoms with Gasteiger partial charge < -0.3 is 5.32 Å². The van der Waals surface area contributed by atoms with Crippen LogP contribution in [0.2, 0.25) is 0 Å². The molecular formula is C18H20BrN3O. The minimum absolute atomic E-state index is 0.0614. The van der Waals surface area contributed by atoms with E-state index in [0.29, 0.717) is 5.92 Å². The molecule has 1 saturated carbocycles. The van der Waals surface area contributed by atoms with Gasteiger partial charge in [-0.25, -0.2) is 0 Å². The molecule has 4 nitrogen and oxygen atoms in total. The van der Waals surface area contributed by atoms with Gasteiger partial charge in [-0.3, -0.25) is 9.48 Å². The normalized spacial score (nSPS) is 16.3. The molecule has 2 aromatic rings. The van der Waals surface area contributed by atoms with Gasteiger partial charge in [-0.2, -0.15) is 5.10 Å². The van der Waals surface area contributed by atoms with Crippen molar-refractivity contribution in [2.75, 3.05) is 0 Å². The maximum atomic E-state index is 12.3. The fraction of sp³-hybridized carbons (Fsp3) is 0.333. The van der Waals surface area contributed by atoms with Gasteiger partial charge in [-0.1, -0.05) is 34.5 Å². The molecule has 1 aromatic heterocycles. The van der Waals surface area contributed by atoms with Crippen molar-refractivity contribution in [1.82, 2.24) is 15.1 Å². The number of aromatic nitrogens is 2. The number of hydrogen-bond acceptors (Lipinski definition) is 2. The summed E-state index contributed by atoms with van der Waals surface area (Å²) in [5.74, 6) is 0.473. The third-order valence-corrected chi connectivity index (χ3v) is 4.83. The summed E-state index contributed by atoms with van der Waals surface area (Å²) in [6.45, 7) is 0. The molecule has 1 N–H and O–H groups in total. The SMILES string of the molecule is Cn1cc(C=CC(=O)NC(c2ccc(Br)cc2)C2CCC2)cn1. The number of amides is 1. The summed E-state index contributed by atoms with van der Waals surface area (Å²) in [6.07, 6.45) is 10.6. The van der Waals surface area contributed by atoms with E-state index in [4.69, 9.17) is 0 Å².